The number of aromatic nitrogens is 4. The summed E-state index contributed by atoms with van der Waals surface area (Å²) in [5.41, 5.74) is -0.809. The van der Waals surface area contributed by atoms with Crippen molar-refractivity contribution in [2.75, 3.05) is 13.3 Å². The van der Waals surface area contributed by atoms with Crippen molar-refractivity contribution < 1.29 is 21.9 Å². The minimum Gasteiger partial charge on any atom is -0.365 e. The van der Waals surface area contributed by atoms with Crippen molar-refractivity contribution in [2.24, 2.45) is 0 Å². The first-order valence-electron chi connectivity index (χ1n) is 10.7. The molecular weight excluding hydrogens is 538 g/mol. The average Bonchev–Trinajstić information content (AvgIpc) is 3.18. The molecule has 0 aromatic carbocycles. The average molecular weight is 561 g/mol. The molecule has 9 nitrogen and oxygen atoms in total. The number of fused-ring (bicyclic) bond motifs is 1. The van der Waals surface area contributed by atoms with Crippen LogP contribution < -0.4 is 0 Å². The zero-order valence-corrected chi connectivity index (χ0v) is 22.6. The second-order valence-corrected chi connectivity index (χ2v) is 18.4. The number of hydrogen-bond donors (Lipinski definition) is 0. The van der Waals surface area contributed by atoms with Crippen molar-refractivity contribution in [1.82, 2.24) is 23.9 Å². The number of pyridine rings is 1. The monoisotopic (exact) mass is 560 g/mol. The molecule has 15 heteroatoms. The van der Waals surface area contributed by atoms with Gasteiger partial charge < -0.3 is 4.74 Å². The van der Waals surface area contributed by atoms with Crippen LogP contribution in [-0.2, 0) is 14.8 Å². The predicted octanol–water partition coefficient (Wildman–Crippen LogP) is 4.80. The van der Waals surface area contributed by atoms with Gasteiger partial charge in [0.25, 0.3) is 6.43 Å². The van der Waals surface area contributed by atoms with Crippen LogP contribution in [0, 0.1) is 11.3 Å². The normalized spacial score (nSPS) is 15.7. The second kappa shape index (κ2) is 9.45. The second-order valence-electron chi connectivity index (χ2n) is 9.45. The Bertz CT molecular complexity index is 1400. The van der Waals surface area contributed by atoms with E-state index >= 15 is 0 Å². The molecule has 0 spiro atoms. The zero-order valence-electron chi connectivity index (χ0n) is 19.2. The van der Waals surface area contributed by atoms with Gasteiger partial charge in [0.15, 0.2) is 15.8 Å². The Balaban J connectivity index is 1.71. The molecule has 1 fully saturated rings. The van der Waals surface area contributed by atoms with E-state index in [-0.39, 0.29) is 27.5 Å². The smallest absolute Gasteiger partial charge is 0.291 e. The maximum absolute atomic E-state index is 13.7. The van der Waals surface area contributed by atoms with Crippen LogP contribution in [0.5, 0.6) is 0 Å². The molecule has 0 aliphatic heterocycles. The maximum atomic E-state index is 13.7. The SMILES string of the molecule is C[Si](C)(C)CCOCN(C1(C#N)CC1)S(=O)(=O)c1cc(Cl)c2cnc(-c3nnc(C(F)F)s3)n2c1. The van der Waals surface area contributed by atoms with Gasteiger partial charge in [-0.2, -0.15) is 9.57 Å². The fourth-order valence-corrected chi connectivity index (χ4v) is 6.78. The summed E-state index contributed by atoms with van der Waals surface area (Å²) in [6.07, 6.45) is 0.695. The summed E-state index contributed by atoms with van der Waals surface area (Å²) in [7, 11) is -5.61. The van der Waals surface area contributed by atoms with E-state index < -0.39 is 35.1 Å². The number of sulfonamides is 1. The lowest BCUT2D eigenvalue weighted by atomic mass is 10.3. The summed E-state index contributed by atoms with van der Waals surface area (Å²) in [5.74, 6) is 0.128. The lowest BCUT2D eigenvalue weighted by molar-refractivity contribution is 0.0659. The fourth-order valence-electron chi connectivity index (χ4n) is 3.36. The van der Waals surface area contributed by atoms with Crippen LogP contribution in [0.25, 0.3) is 16.3 Å². The molecule has 3 aromatic rings. The highest BCUT2D eigenvalue weighted by molar-refractivity contribution is 7.89. The van der Waals surface area contributed by atoms with E-state index in [1.54, 1.807) is 0 Å². The number of alkyl halides is 2. The van der Waals surface area contributed by atoms with Crippen molar-refractivity contribution in [2.45, 2.75) is 55.4 Å². The molecule has 1 aliphatic rings. The first-order chi connectivity index (χ1) is 16.4. The third-order valence-corrected chi connectivity index (χ3v) is 10.4. The molecular formula is C20H23ClF2N6O3S2Si. The van der Waals surface area contributed by atoms with E-state index in [0.29, 0.717) is 36.3 Å². The molecule has 3 heterocycles. The summed E-state index contributed by atoms with van der Waals surface area (Å²) >= 11 is 7.04. The quantitative estimate of drug-likeness (QED) is 0.199. The van der Waals surface area contributed by atoms with Gasteiger partial charge in [-0.25, -0.2) is 22.2 Å². The minimum atomic E-state index is -4.21. The molecule has 35 heavy (non-hydrogen) atoms. The van der Waals surface area contributed by atoms with E-state index in [4.69, 9.17) is 16.3 Å². The number of imidazole rings is 1. The van der Waals surface area contributed by atoms with Crippen LogP contribution in [0.1, 0.15) is 24.3 Å². The molecule has 0 radical (unpaired) electrons. The summed E-state index contributed by atoms with van der Waals surface area (Å²) < 4.78 is 61.6. The van der Waals surface area contributed by atoms with Gasteiger partial charge in [0, 0.05) is 20.9 Å². The molecule has 1 aliphatic carbocycles. The Kier molecular flexibility index (Phi) is 7.04. The number of rotatable bonds is 10. The molecule has 0 N–H and O–H groups in total. The Hall–Kier alpha value is -2.02. The van der Waals surface area contributed by atoms with Gasteiger partial charge in [-0.3, -0.25) is 4.40 Å². The van der Waals surface area contributed by atoms with Gasteiger partial charge in [0.2, 0.25) is 10.0 Å². The number of nitrogens with zero attached hydrogens (tertiary/aromatic N) is 6. The fraction of sp³-hybridized carbons (Fsp3) is 0.500. The van der Waals surface area contributed by atoms with Crippen LogP contribution in [0.15, 0.2) is 23.4 Å². The molecule has 0 atom stereocenters. The molecule has 3 aromatic heterocycles. The number of ether oxygens (including phenoxy) is 1. The highest BCUT2D eigenvalue weighted by atomic mass is 35.5. The van der Waals surface area contributed by atoms with Crippen LogP contribution in [-0.4, -0.2) is 59.3 Å². The Labute approximate surface area is 211 Å². The Morgan fingerprint density at radius 1 is 1.37 bits per heavy atom. The summed E-state index contributed by atoms with van der Waals surface area (Å²) in [6, 6.07) is 4.25. The zero-order chi connectivity index (χ0) is 25.6. The largest absolute Gasteiger partial charge is 0.365 e. The van der Waals surface area contributed by atoms with E-state index in [2.05, 4.69) is 40.9 Å². The van der Waals surface area contributed by atoms with Crippen LogP contribution in [0.2, 0.25) is 30.7 Å². The summed E-state index contributed by atoms with van der Waals surface area (Å²) in [4.78, 5) is 4.01. The third kappa shape index (κ3) is 5.25. The van der Waals surface area contributed by atoms with E-state index in [1.807, 2.05) is 0 Å². The van der Waals surface area contributed by atoms with Gasteiger partial charge in [-0.05, 0) is 25.0 Å². The third-order valence-electron chi connectivity index (χ3n) is 5.59. The summed E-state index contributed by atoms with van der Waals surface area (Å²) in [5, 5.41) is 16.7. The maximum Gasteiger partial charge on any atom is 0.291 e. The first-order valence-corrected chi connectivity index (χ1v) is 17.0. The van der Waals surface area contributed by atoms with Crippen molar-refractivity contribution in [3.05, 3.63) is 28.5 Å². The van der Waals surface area contributed by atoms with Crippen LogP contribution in [0.3, 0.4) is 0 Å². The summed E-state index contributed by atoms with van der Waals surface area (Å²) in [6.45, 7) is 6.68. The molecule has 1 saturated carbocycles. The lowest BCUT2D eigenvalue weighted by Crippen LogP contribution is -2.43. The van der Waals surface area contributed by atoms with E-state index in [1.165, 1.54) is 22.9 Å². The Morgan fingerprint density at radius 2 is 2.09 bits per heavy atom. The first kappa shape index (κ1) is 26.1. The highest BCUT2D eigenvalue weighted by Gasteiger charge is 2.54. The topological polar surface area (TPSA) is 113 Å². The van der Waals surface area contributed by atoms with Gasteiger partial charge in [-0.1, -0.05) is 42.6 Å². The highest BCUT2D eigenvalue weighted by Crippen LogP contribution is 2.44. The number of halogens is 3. The molecule has 0 amide bonds. The molecule has 0 bridgehead atoms. The van der Waals surface area contributed by atoms with E-state index in [0.717, 1.165) is 10.3 Å². The van der Waals surface area contributed by atoms with Crippen LogP contribution >= 0.6 is 22.9 Å². The van der Waals surface area contributed by atoms with Crippen LogP contribution in [0.4, 0.5) is 8.78 Å². The van der Waals surface area contributed by atoms with Crippen molar-refractivity contribution in [1.29, 1.82) is 5.26 Å². The standard InChI is InChI=1S/C20H23ClF2N6O3S2Si/c1-35(2,3)7-6-32-12-29(20(11-24)4-5-20)34(30,31)13-8-14(21)15-9-25-17(28(15)10-13)19-27-26-18(33-19)16(22)23/h8-10,16H,4-7,12H2,1-3H3. The lowest BCUT2D eigenvalue weighted by Gasteiger charge is -2.27. The van der Waals surface area contributed by atoms with E-state index in [9.17, 15) is 22.5 Å². The molecule has 188 valence electrons. The predicted molar refractivity (Wildman–Crippen MR) is 130 cm³/mol. The minimum absolute atomic E-state index is 0.0878. The number of nitriles is 1. The van der Waals surface area contributed by atoms with Gasteiger partial charge in [0.05, 0.1) is 22.8 Å². The van der Waals surface area contributed by atoms with Gasteiger partial charge in [0.1, 0.15) is 17.2 Å². The Morgan fingerprint density at radius 3 is 2.66 bits per heavy atom. The molecule has 4 rings (SSSR count). The van der Waals surface area contributed by atoms with Crippen molar-refractivity contribution >= 4 is 46.6 Å². The molecule has 0 unspecified atom stereocenters. The molecule has 0 saturated heterocycles. The van der Waals surface area contributed by atoms with Crippen molar-refractivity contribution in [3.8, 4) is 16.9 Å². The van der Waals surface area contributed by atoms with Gasteiger partial charge in [-0.15, -0.1) is 10.2 Å². The van der Waals surface area contributed by atoms with Gasteiger partial charge >= 0.3 is 0 Å². The number of hydrogen-bond acceptors (Lipinski definition) is 8. The van der Waals surface area contributed by atoms with Crippen molar-refractivity contribution in [3.63, 3.8) is 0 Å².